The maximum atomic E-state index is 12.8. The van der Waals surface area contributed by atoms with E-state index in [1.807, 2.05) is 54.7 Å². The van der Waals surface area contributed by atoms with Crippen molar-refractivity contribution in [1.29, 1.82) is 0 Å². The summed E-state index contributed by atoms with van der Waals surface area (Å²) in [6.45, 7) is 6.31. The second-order valence-corrected chi connectivity index (χ2v) is 17.1. The molecule has 0 radical (unpaired) electrons. The van der Waals surface area contributed by atoms with E-state index in [0.717, 1.165) is 70.6 Å². The van der Waals surface area contributed by atoms with Crippen LogP contribution in [0.25, 0.3) is 0 Å². The number of carbonyl (C=O) groups excluding carboxylic acids is 3. The monoisotopic (exact) mass is 889 g/mol. The minimum atomic E-state index is -0.812. The molecule has 0 fully saturated rings. The van der Waals surface area contributed by atoms with E-state index < -0.39 is 6.10 Å². The van der Waals surface area contributed by atoms with Gasteiger partial charge in [-0.2, -0.15) is 0 Å². The van der Waals surface area contributed by atoms with Crippen LogP contribution in [-0.4, -0.2) is 37.2 Å². The second kappa shape index (κ2) is 52.0. The molecule has 0 heterocycles. The van der Waals surface area contributed by atoms with Crippen molar-refractivity contribution in [2.24, 2.45) is 0 Å². The van der Waals surface area contributed by atoms with Crippen LogP contribution in [-0.2, 0) is 28.6 Å². The lowest BCUT2D eigenvalue weighted by Gasteiger charge is -2.18. The summed E-state index contributed by atoms with van der Waals surface area (Å²) in [4.78, 5) is 38.0. The largest absolute Gasteiger partial charge is 0.462 e. The first-order valence-corrected chi connectivity index (χ1v) is 26.3. The van der Waals surface area contributed by atoms with Gasteiger partial charge in [-0.25, -0.2) is 0 Å². The lowest BCUT2D eigenvalue weighted by molar-refractivity contribution is -0.167. The summed E-state index contributed by atoms with van der Waals surface area (Å²) in [7, 11) is 0. The van der Waals surface area contributed by atoms with Gasteiger partial charge in [0.15, 0.2) is 6.10 Å². The Labute approximate surface area is 394 Å². The highest BCUT2D eigenvalue weighted by Gasteiger charge is 2.19. The fraction of sp³-hybridized carbons (Fsp3) is 0.672. The third-order valence-electron chi connectivity index (χ3n) is 10.9. The van der Waals surface area contributed by atoms with Crippen LogP contribution in [0.15, 0.2) is 97.2 Å². The molecule has 0 saturated heterocycles. The fourth-order valence-corrected chi connectivity index (χ4v) is 7.03. The number of unbranched alkanes of at least 4 members (excludes halogenated alkanes) is 23. The average molecular weight is 889 g/mol. The lowest BCUT2D eigenvalue weighted by Crippen LogP contribution is -2.30. The summed E-state index contributed by atoms with van der Waals surface area (Å²) in [5, 5.41) is 0. The molecule has 0 aliphatic heterocycles. The van der Waals surface area contributed by atoms with E-state index in [9.17, 15) is 14.4 Å². The molecule has 6 nitrogen and oxygen atoms in total. The number of esters is 3. The van der Waals surface area contributed by atoms with Crippen LogP contribution in [0.1, 0.15) is 233 Å². The van der Waals surface area contributed by atoms with Crippen LogP contribution in [0, 0.1) is 0 Å². The summed E-state index contributed by atoms with van der Waals surface area (Å²) in [5.74, 6) is -0.998. The molecule has 0 aliphatic rings. The molecule has 6 heteroatoms. The van der Waals surface area contributed by atoms with E-state index in [1.165, 1.54) is 116 Å². The van der Waals surface area contributed by atoms with Crippen molar-refractivity contribution in [3.63, 3.8) is 0 Å². The van der Waals surface area contributed by atoms with Crippen LogP contribution in [0.2, 0.25) is 0 Å². The quantitative estimate of drug-likeness (QED) is 0.0199. The number of hydrogen-bond acceptors (Lipinski definition) is 6. The fourth-order valence-electron chi connectivity index (χ4n) is 7.03. The van der Waals surface area contributed by atoms with Crippen molar-refractivity contribution in [2.75, 3.05) is 13.2 Å². The maximum Gasteiger partial charge on any atom is 0.306 e. The topological polar surface area (TPSA) is 78.9 Å². The Balaban J connectivity index is 4.45. The van der Waals surface area contributed by atoms with E-state index in [0.29, 0.717) is 19.3 Å². The number of ether oxygens (including phenoxy) is 3. The standard InChI is InChI=1S/C58H96O6/c1-4-7-10-13-16-19-22-25-27-28-29-30-31-34-36-39-42-45-48-51-57(60)63-54-55(53-62-56(59)50-47-44-41-38-35-32-24-21-18-15-12-9-6-3)64-58(61)52-49-46-43-40-37-33-26-23-20-17-14-11-8-5-2/h8-9,11-12,15,17-18,20-21,24,28-29,32,35,38,41,55H,4-7,10,13-14,16,19,22-23,25-27,30-31,33-34,36-37,39-40,42-54H2,1-3H3/b11-8+,12-9+,18-15+,20-17+,24-21+,29-28+,35-32+,41-38+. The zero-order valence-electron chi connectivity index (χ0n) is 41.5. The second-order valence-electron chi connectivity index (χ2n) is 17.1. The van der Waals surface area contributed by atoms with Crippen LogP contribution in [0.3, 0.4) is 0 Å². The number of carbonyl (C=O) groups is 3. The van der Waals surface area contributed by atoms with Crippen molar-refractivity contribution in [1.82, 2.24) is 0 Å². The Morgan fingerprint density at radius 2 is 0.703 bits per heavy atom. The van der Waals surface area contributed by atoms with Crippen LogP contribution >= 0.6 is 0 Å². The van der Waals surface area contributed by atoms with Gasteiger partial charge in [0.2, 0.25) is 0 Å². The Morgan fingerprint density at radius 3 is 1.19 bits per heavy atom. The third-order valence-corrected chi connectivity index (χ3v) is 10.9. The molecule has 0 aromatic rings. The van der Waals surface area contributed by atoms with Gasteiger partial charge in [-0.1, -0.05) is 227 Å². The van der Waals surface area contributed by atoms with E-state index in [1.54, 1.807) is 0 Å². The van der Waals surface area contributed by atoms with Gasteiger partial charge in [0.05, 0.1) is 0 Å². The molecule has 1 unspecified atom stereocenters. The first-order valence-electron chi connectivity index (χ1n) is 26.3. The van der Waals surface area contributed by atoms with Gasteiger partial charge in [0.25, 0.3) is 0 Å². The maximum absolute atomic E-state index is 12.8. The number of allylic oxidation sites excluding steroid dienone is 16. The Kier molecular flexibility index (Phi) is 49.0. The first-order chi connectivity index (χ1) is 31.5. The highest BCUT2D eigenvalue weighted by atomic mass is 16.6. The Morgan fingerprint density at radius 1 is 0.344 bits per heavy atom. The molecule has 0 saturated carbocycles. The SMILES string of the molecule is CC/C=C/C=C/C=C/C=C/C=C/CCCC(=O)OCC(COC(=O)CCCCCCCCC/C=C/CCCCCCCCCC)OC(=O)CCCCCCCCC/C=C/C/C=C/CC. The van der Waals surface area contributed by atoms with Gasteiger partial charge in [-0.15, -0.1) is 0 Å². The van der Waals surface area contributed by atoms with Gasteiger partial charge in [0.1, 0.15) is 13.2 Å². The van der Waals surface area contributed by atoms with Crippen molar-refractivity contribution in [3.8, 4) is 0 Å². The Bertz CT molecular complexity index is 1300. The highest BCUT2D eigenvalue weighted by molar-refractivity contribution is 5.71. The molecule has 1 atom stereocenters. The van der Waals surface area contributed by atoms with Gasteiger partial charge in [0, 0.05) is 19.3 Å². The zero-order chi connectivity index (χ0) is 46.5. The van der Waals surface area contributed by atoms with Gasteiger partial charge >= 0.3 is 17.9 Å². The molecule has 0 aromatic heterocycles. The summed E-state index contributed by atoms with van der Waals surface area (Å²) in [6.07, 6.45) is 68.3. The molecule has 0 aromatic carbocycles. The Hall–Kier alpha value is -3.67. The van der Waals surface area contributed by atoms with E-state index in [-0.39, 0.29) is 37.5 Å². The smallest absolute Gasteiger partial charge is 0.306 e. The van der Waals surface area contributed by atoms with E-state index >= 15 is 0 Å². The van der Waals surface area contributed by atoms with Gasteiger partial charge < -0.3 is 14.2 Å². The molecule has 0 rings (SSSR count). The molecule has 0 N–H and O–H groups in total. The van der Waals surface area contributed by atoms with Gasteiger partial charge in [-0.05, 0) is 83.5 Å². The lowest BCUT2D eigenvalue weighted by atomic mass is 10.1. The number of hydrogen-bond donors (Lipinski definition) is 0. The molecular weight excluding hydrogens is 793 g/mol. The van der Waals surface area contributed by atoms with E-state index in [2.05, 4.69) is 63.3 Å². The van der Waals surface area contributed by atoms with Crippen molar-refractivity contribution in [3.05, 3.63) is 97.2 Å². The molecule has 0 bridgehead atoms. The number of rotatable bonds is 46. The average Bonchev–Trinajstić information content (AvgIpc) is 3.29. The van der Waals surface area contributed by atoms with Crippen LogP contribution < -0.4 is 0 Å². The van der Waals surface area contributed by atoms with Crippen molar-refractivity contribution in [2.45, 2.75) is 239 Å². The molecule has 364 valence electrons. The molecule has 0 spiro atoms. The summed E-state index contributed by atoms with van der Waals surface area (Å²) >= 11 is 0. The summed E-state index contributed by atoms with van der Waals surface area (Å²) in [5.41, 5.74) is 0. The highest BCUT2D eigenvalue weighted by Crippen LogP contribution is 2.14. The minimum absolute atomic E-state index is 0.106. The van der Waals surface area contributed by atoms with Gasteiger partial charge in [-0.3, -0.25) is 14.4 Å². The molecule has 64 heavy (non-hydrogen) atoms. The van der Waals surface area contributed by atoms with Crippen molar-refractivity contribution < 1.29 is 28.6 Å². The summed E-state index contributed by atoms with van der Waals surface area (Å²) in [6, 6.07) is 0. The third kappa shape index (κ3) is 49.3. The zero-order valence-corrected chi connectivity index (χ0v) is 41.5. The predicted octanol–water partition coefficient (Wildman–Crippen LogP) is 17.4. The minimum Gasteiger partial charge on any atom is -0.462 e. The van der Waals surface area contributed by atoms with Crippen molar-refractivity contribution >= 4 is 17.9 Å². The predicted molar refractivity (Wildman–Crippen MR) is 274 cm³/mol. The van der Waals surface area contributed by atoms with E-state index in [4.69, 9.17) is 14.2 Å². The van der Waals surface area contributed by atoms with Crippen LogP contribution in [0.4, 0.5) is 0 Å². The normalized spacial score (nSPS) is 12.9. The molecule has 0 amide bonds. The first kappa shape index (κ1) is 60.3. The molecular formula is C58H96O6. The molecule has 0 aliphatic carbocycles. The van der Waals surface area contributed by atoms with Crippen LogP contribution in [0.5, 0.6) is 0 Å². The summed E-state index contributed by atoms with van der Waals surface area (Å²) < 4.78 is 16.7.